The predicted molar refractivity (Wildman–Crippen MR) is 36.8 cm³/mol. The van der Waals surface area contributed by atoms with Crippen LogP contribution in [0, 0.1) is 0 Å². The predicted octanol–water partition coefficient (Wildman–Crippen LogP) is -6.86. The maximum Gasteiger partial charge on any atom is 1.00 e. The summed E-state index contributed by atoms with van der Waals surface area (Å²) in [7, 11) is 1.30. The molecule has 0 spiro atoms. The van der Waals surface area contributed by atoms with Gasteiger partial charge in [-0.25, -0.2) is 0 Å². The molecule has 0 unspecified atom stereocenters. The third kappa shape index (κ3) is 4.21. The third-order valence-corrected chi connectivity index (χ3v) is 1.40. The summed E-state index contributed by atoms with van der Waals surface area (Å²) in [5, 5.41) is 21.2. The van der Waals surface area contributed by atoms with Crippen molar-refractivity contribution in [3.63, 3.8) is 0 Å². The number of carbonyl (C=O) groups excluding carboxylic acids is 1. The van der Waals surface area contributed by atoms with Crippen molar-refractivity contribution >= 4 is 5.97 Å². The van der Waals surface area contributed by atoms with E-state index in [1.165, 1.54) is 13.2 Å². The molecule has 0 saturated heterocycles. The minimum atomic E-state index is -1.33. The summed E-state index contributed by atoms with van der Waals surface area (Å²) in [4.78, 5) is 10.3. The van der Waals surface area contributed by atoms with E-state index in [1.807, 2.05) is 0 Å². The molecule has 0 saturated carbocycles. The van der Waals surface area contributed by atoms with Crippen molar-refractivity contribution in [2.45, 2.75) is 0 Å². The SMILES string of the molecule is COc1cc(C(=O)[O-])ccc1[O-].[Na+].[Na+]. The first kappa shape index (κ1) is 16.7. The molecule has 0 aliphatic carbocycles. The van der Waals surface area contributed by atoms with Gasteiger partial charge in [-0.1, -0.05) is 17.9 Å². The Morgan fingerprint density at radius 2 is 1.93 bits per heavy atom. The van der Waals surface area contributed by atoms with Gasteiger partial charge in [0, 0.05) is 5.56 Å². The summed E-state index contributed by atoms with van der Waals surface area (Å²) < 4.78 is 4.63. The van der Waals surface area contributed by atoms with Crippen molar-refractivity contribution in [2.75, 3.05) is 7.11 Å². The van der Waals surface area contributed by atoms with Gasteiger partial charge < -0.3 is 19.7 Å². The van der Waals surface area contributed by atoms with Crippen LogP contribution in [0.25, 0.3) is 0 Å². The molecular formula is C8H6Na2O4. The van der Waals surface area contributed by atoms with E-state index < -0.39 is 5.97 Å². The van der Waals surface area contributed by atoms with Crippen molar-refractivity contribution in [3.05, 3.63) is 23.8 Å². The fourth-order valence-corrected chi connectivity index (χ4v) is 0.795. The third-order valence-electron chi connectivity index (χ3n) is 1.40. The number of hydrogen-bond donors (Lipinski definition) is 0. The number of rotatable bonds is 2. The van der Waals surface area contributed by atoms with Gasteiger partial charge in [0.15, 0.2) is 0 Å². The average Bonchev–Trinajstić information content (AvgIpc) is 2.05. The van der Waals surface area contributed by atoms with Crippen molar-refractivity contribution in [1.29, 1.82) is 0 Å². The van der Waals surface area contributed by atoms with Crippen LogP contribution >= 0.6 is 0 Å². The monoisotopic (exact) mass is 212 g/mol. The molecule has 14 heavy (non-hydrogen) atoms. The fraction of sp³-hybridized carbons (Fsp3) is 0.125. The van der Waals surface area contributed by atoms with Crippen LogP contribution in [0.5, 0.6) is 11.5 Å². The van der Waals surface area contributed by atoms with Gasteiger partial charge in [-0.05, 0) is 6.07 Å². The fourth-order valence-electron chi connectivity index (χ4n) is 0.795. The standard InChI is InChI=1S/C8H8O4.2Na/c1-12-7-4-5(8(10)11)2-3-6(7)9;;/h2-4,9H,1H3,(H,10,11);;/q;2*+1/p-2. The first-order valence-electron chi connectivity index (χ1n) is 3.21. The molecule has 64 valence electrons. The van der Waals surface area contributed by atoms with Crippen LogP contribution in [-0.2, 0) is 0 Å². The summed E-state index contributed by atoms with van der Waals surface area (Å²) in [6.45, 7) is 0. The summed E-state index contributed by atoms with van der Waals surface area (Å²) in [6, 6.07) is 3.45. The Labute approximate surface area is 126 Å². The van der Waals surface area contributed by atoms with Crippen LogP contribution in [-0.4, -0.2) is 13.1 Å². The molecule has 0 bridgehead atoms. The molecular weight excluding hydrogens is 206 g/mol. The molecule has 6 heteroatoms. The number of carbonyl (C=O) groups is 1. The Morgan fingerprint density at radius 3 is 2.36 bits per heavy atom. The Kier molecular flexibility index (Phi) is 9.03. The zero-order valence-electron chi connectivity index (χ0n) is 8.37. The van der Waals surface area contributed by atoms with E-state index in [9.17, 15) is 15.0 Å². The molecule has 1 aromatic carbocycles. The Bertz CT molecular complexity index is 314. The van der Waals surface area contributed by atoms with E-state index in [-0.39, 0.29) is 76.2 Å². The maximum absolute atomic E-state index is 10.9. The molecule has 1 aromatic rings. The number of aromatic carboxylic acids is 1. The molecule has 0 radical (unpaired) electrons. The summed E-state index contributed by atoms with van der Waals surface area (Å²) in [6.07, 6.45) is 0. The number of carboxylic acid groups (broad SMARTS) is 1. The summed E-state index contributed by atoms with van der Waals surface area (Å²) in [5.74, 6) is -1.66. The average molecular weight is 212 g/mol. The van der Waals surface area contributed by atoms with Crippen molar-refractivity contribution < 1.29 is 78.9 Å². The van der Waals surface area contributed by atoms with E-state index in [2.05, 4.69) is 4.74 Å². The minimum absolute atomic E-state index is 0. The van der Waals surface area contributed by atoms with E-state index in [0.717, 1.165) is 12.1 Å². The van der Waals surface area contributed by atoms with Crippen molar-refractivity contribution in [1.82, 2.24) is 0 Å². The van der Waals surface area contributed by atoms with Crippen LogP contribution < -0.4 is 74.1 Å². The molecule has 0 heterocycles. The Morgan fingerprint density at radius 1 is 1.36 bits per heavy atom. The number of ether oxygens (including phenoxy) is 1. The summed E-state index contributed by atoms with van der Waals surface area (Å²) in [5.41, 5.74) is -0.0635. The minimum Gasteiger partial charge on any atom is -0.870 e. The molecule has 1 rings (SSSR count). The molecule has 0 fully saturated rings. The molecule has 4 nitrogen and oxygen atoms in total. The van der Waals surface area contributed by atoms with Gasteiger partial charge in [-0.2, -0.15) is 0 Å². The van der Waals surface area contributed by atoms with Gasteiger partial charge in [-0.3, -0.25) is 0 Å². The van der Waals surface area contributed by atoms with Gasteiger partial charge in [-0.15, -0.1) is 0 Å². The van der Waals surface area contributed by atoms with Crippen molar-refractivity contribution in [2.24, 2.45) is 0 Å². The summed E-state index contributed by atoms with van der Waals surface area (Å²) >= 11 is 0. The molecule has 0 aromatic heterocycles. The number of hydrogen-bond acceptors (Lipinski definition) is 4. The maximum atomic E-state index is 10.9. The van der Waals surface area contributed by atoms with E-state index in [1.54, 1.807) is 0 Å². The van der Waals surface area contributed by atoms with Crippen LogP contribution in [0.15, 0.2) is 18.2 Å². The number of carboxylic acids is 1. The number of methoxy groups -OCH3 is 1. The Balaban J connectivity index is 0. The van der Waals surface area contributed by atoms with Crippen molar-refractivity contribution in [3.8, 4) is 11.5 Å². The van der Waals surface area contributed by atoms with E-state index in [4.69, 9.17) is 0 Å². The van der Waals surface area contributed by atoms with Gasteiger partial charge in [0.25, 0.3) is 0 Å². The second kappa shape index (κ2) is 7.56. The zero-order valence-corrected chi connectivity index (χ0v) is 12.4. The first-order chi connectivity index (χ1) is 5.65. The van der Waals surface area contributed by atoms with Crippen LogP contribution in [0.4, 0.5) is 0 Å². The molecule has 0 aliphatic rings. The molecule has 0 N–H and O–H groups in total. The normalized spacial score (nSPS) is 8.07. The second-order valence-electron chi connectivity index (χ2n) is 2.15. The molecule has 0 aliphatic heterocycles. The van der Waals surface area contributed by atoms with Gasteiger partial charge in [0.05, 0.1) is 13.1 Å². The second-order valence-corrected chi connectivity index (χ2v) is 2.15. The largest absolute Gasteiger partial charge is 1.00 e. The van der Waals surface area contributed by atoms with Gasteiger partial charge in [0.2, 0.25) is 0 Å². The van der Waals surface area contributed by atoms with Crippen LogP contribution in [0.1, 0.15) is 10.4 Å². The van der Waals surface area contributed by atoms with Gasteiger partial charge in [0.1, 0.15) is 5.75 Å². The molecule has 0 atom stereocenters. The quantitative estimate of drug-likeness (QED) is 0.457. The topological polar surface area (TPSA) is 72.4 Å². The first-order valence-corrected chi connectivity index (χ1v) is 3.21. The van der Waals surface area contributed by atoms with Crippen LogP contribution in [0.3, 0.4) is 0 Å². The molecule has 0 amide bonds. The van der Waals surface area contributed by atoms with E-state index >= 15 is 0 Å². The number of benzene rings is 1. The Hall–Kier alpha value is 0.290. The van der Waals surface area contributed by atoms with Crippen LogP contribution in [0.2, 0.25) is 0 Å². The van der Waals surface area contributed by atoms with Gasteiger partial charge >= 0.3 is 59.1 Å². The zero-order chi connectivity index (χ0) is 9.14. The van der Waals surface area contributed by atoms with E-state index in [0.29, 0.717) is 0 Å². The smallest absolute Gasteiger partial charge is 0.870 e.